The van der Waals surface area contributed by atoms with E-state index in [2.05, 4.69) is 10.9 Å². The molecule has 0 aliphatic carbocycles. The van der Waals surface area contributed by atoms with Gasteiger partial charge >= 0.3 is 0 Å². The highest BCUT2D eigenvalue weighted by Gasteiger charge is 2.21. The Labute approximate surface area is 84.2 Å². The van der Waals surface area contributed by atoms with Crippen molar-refractivity contribution in [2.24, 2.45) is 0 Å². The maximum atomic E-state index is 11.2. The zero-order valence-electron chi connectivity index (χ0n) is 8.53. The van der Waals surface area contributed by atoms with Crippen LogP contribution in [0.25, 0.3) is 0 Å². The lowest BCUT2D eigenvalue weighted by Crippen LogP contribution is -2.31. The SMILES string of the molecule is C=C(C)C(=O)NOS(=O)(=O)C(C)CC. The predicted molar refractivity (Wildman–Crippen MR) is 52.7 cm³/mol. The molecule has 0 saturated heterocycles. The van der Waals surface area contributed by atoms with E-state index in [0.717, 1.165) is 0 Å². The molecule has 1 atom stereocenters. The summed E-state index contributed by atoms with van der Waals surface area (Å²) < 4.78 is 26.8. The van der Waals surface area contributed by atoms with Crippen molar-refractivity contribution in [3.05, 3.63) is 12.2 Å². The van der Waals surface area contributed by atoms with E-state index < -0.39 is 21.3 Å². The minimum absolute atomic E-state index is 0.185. The standard InChI is InChI=1S/C8H15NO4S/c1-5-7(4)14(11,12)13-9-8(10)6(2)3/h7H,2,5H2,1,3-4H3,(H,9,10). The van der Waals surface area contributed by atoms with Crippen LogP contribution in [0.2, 0.25) is 0 Å². The fourth-order valence-corrected chi connectivity index (χ4v) is 1.23. The Bertz CT molecular complexity index is 320. The number of carbonyl (C=O) groups excluding carboxylic acids is 1. The van der Waals surface area contributed by atoms with E-state index in [1.165, 1.54) is 13.8 Å². The molecule has 0 aromatic rings. The maximum absolute atomic E-state index is 11.2. The van der Waals surface area contributed by atoms with Crippen LogP contribution >= 0.6 is 0 Å². The van der Waals surface area contributed by atoms with Crippen molar-refractivity contribution in [3.8, 4) is 0 Å². The lowest BCUT2D eigenvalue weighted by molar-refractivity contribution is -0.123. The second kappa shape index (κ2) is 5.11. The molecule has 0 fully saturated rings. The maximum Gasteiger partial charge on any atom is 0.290 e. The third kappa shape index (κ3) is 3.89. The summed E-state index contributed by atoms with van der Waals surface area (Å²) in [6.45, 7) is 8.00. The molecule has 0 bridgehead atoms. The smallest absolute Gasteiger partial charge is 0.267 e. The summed E-state index contributed by atoms with van der Waals surface area (Å²) in [6, 6.07) is 0. The highest BCUT2D eigenvalue weighted by Crippen LogP contribution is 2.05. The average Bonchev–Trinajstić information content (AvgIpc) is 2.12. The molecule has 0 radical (unpaired) electrons. The lowest BCUT2D eigenvalue weighted by Gasteiger charge is -2.10. The molecule has 0 aromatic carbocycles. The normalized spacial score (nSPS) is 13.4. The van der Waals surface area contributed by atoms with Crippen LogP contribution in [0.4, 0.5) is 0 Å². The van der Waals surface area contributed by atoms with E-state index in [1.807, 2.05) is 5.48 Å². The zero-order valence-corrected chi connectivity index (χ0v) is 9.35. The molecule has 0 aliphatic heterocycles. The third-order valence-corrected chi connectivity index (χ3v) is 3.34. The van der Waals surface area contributed by atoms with Gasteiger partial charge in [-0.3, -0.25) is 4.79 Å². The van der Waals surface area contributed by atoms with Gasteiger partial charge in [0.05, 0.1) is 5.25 Å². The number of rotatable bonds is 5. The van der Waals surface area contributed by atoms with E-state index in [1.54, 1.807) is 6.92 Å². The predicted octanol–water partition coefficient (Wildman–Crippen LogP) is 0.739. The van der Waals surface area contributed by atoms with Gasteiger partial charge in [0.1, 0.15) is 0 Å². The van der Waals surface area contributed by atoms with Crippen LogP contribution < -0.4 is 5.48 Å². The Morgan fingerprint density at radius 1 is 1.57 bits per heavy atom. The Kier molecular flexibility index (Phi) is 4.79. The fourth-order valence-electron chi connectivity index (χ4n) is 0.469. The first kappa shape index (κ1) is 13.1. The summed E-state index contributed by atoms with van der Waals surface area (Å²) in [5.74, 6) is -0.642. The van der Waals surface area contributed by atoms with E-state index in [4.69, 9.17) is 0 Å². The topological polar surface area (TPSA) is 72.5 Å². The molecular weight excluding hydrogens is 206 g/mol. The van der Waals surface area contributed by atoms with Crippen molar-refractivity contribution in [2.45, 2.75) is 32.4 Å². The second-order valence-corrected chi connectivity index (χ2v) is 4.96. The van der Waals surface area contributed by atoms with Crippen molar-refractivity contribution in [1.82, 2.24) is 5.48 Å². The average molecular weight is 221 g/mol. The first-order chi connectivity index (χ1) is 6.31. The zero-order chi connectivity index (χ0) is 11.4. The quantitative estimate of drug-likeness (QED) is 0.549. The van der Waals surface area contributed by atoms with Crippen molar-refractivity contribution in [3.63, 3.8) is 0 Å². The Morgan fingerprint density at radius 2 is 2.07 bits per heavy atom. The second-order valence-electron chi connectivity index (χ2n) is 3.01. The number of hydrogen-bond acceptors (Lipinski definition) is 4. The van der Waals surface area contributed by atoms with Crippen LogP contribution in [0.3, 0.4) is 0 Å². The summed E-state index contributed by atoms with van der Waals surface area (Å²) in [5.41, 5.74) is 2.00. The monoisotopic (exact) mass is 221 g/mol. The summed E-state index contributed by atoms with van der Waals surface area (Å²) >= 11 is 0. The van der Waals surface area contributed by atoms with Gasteiger partial charge in [-0.15, -0.1) is 4.28 Å². The molecule has 0 rings (SSSR count). The van der Waals surface area contributed by atoms with Crippen LogP contribution in [0.15, 0.2) is 12.2 Å². The first-order valence-electron chi connectivity index (χ1n) is 4.19. The molecule has 0 saturated carbocycles. The van der Waals surface area contributed by atoms with Gasteiger partial charge in [-0.1, -0.05) is 13.5 Å². The molecule has 1 N–H and O–H groups in total. The third-order valence-electron chi connectivity index (χ3n) is 1.71. The molecule has 5 nitrogen and oxygen atoms in total. The number of hydrogen-bond donors (Lipinski definition) is 1. The fraction of sp³-hybridized carbons (Fsp3) is 0.625. The summed E-state index contributed by atoms with van der Waals surface area (Å²) in [7, 11) is -3.71. The lowest BCUT2D eigenvalue weighted by atomic mass is 10.3. The van der Waals surface area contributed by atoms with Gasteiger partial charge in [0, 0.05) is 5.57 Å². The molecule has 14 heavy (non-hydrogen) atoms. The van der Waals surface area contributed by atoms with Crippen LogP contribution in [0, 0.1) is 0 Å². The molecule has 82 valence electrons. The van der Waals surface area contributed by atoms with E-state index in [9.17, 15) is 13.2 Å². The molecular formula is C8H15NO4S. The first-order valence-corrected chi connectivity index (χ1v) is 5.66. The van der Waals surface area contributed by atoms with Gasteiger partial charge < -0.3 is 0 Å². The Hall–Kier alpha value is -0.880. The van der Waals surface area contributed by atoms with Crippen molar-refractivity contribution in [2.75, 3.05) is 0 Å². The summed E-state index contributed by atoms with van der Waals surface area (Å²) in [5, 5.41) is -0.645. The molecule has 1 amide bonds. The van der Waals surface area contributed by atoms with Gasteiger partial charge in [0.15, 0.2) is 0 Å². The number of hydroxylamine groups is 1. The van der Waals surface area contributed by atoms with E-state index in [-0.39, 0.29) is 5.57 Å². The largest absolute Gasteiger partial charge is 0.290 e. The molecule has 0 aromatic heterocycles. The number of nitrogens with one attached hydrogen (secondary N) is 1. The molecule has 1 unspecified atom stereocenters. The van der Waals surface area contributed by atoms with Crippen molar-refractivity contribution >= 4 is 16.0 Å². The van der Waals surface area contributed by atoms with Crippen LogP contribution in [0.5, 0.6) is 0 Å². The van der Waals surface area contributed by atoms with Gasteiger partial charge in [0.25, 0.3) is 16.0 Å². The minimum Gasteiger partial charge on any atom is -0.267 e. The number of amides is 1. The van der Waals surface area contributed by atoms with Crippen LogP contribution in [-0.2, 0) is 19.2 Å². The molecule has 0 heterocycles. The number of carbonyl (C=O) groups is 1. The van der Waals surface area contributed by atoms with Gasteiger partial charge in [0.2, 0.25) is 0 Å². The molecule has 0 spiro atoms. The van der Waals surface area contributed by atoms with Crippen LogP contribution in [0.1, 0.15) is 27.2 Å². The van der Waals surface area contributed by atoms with Gasteiger partial charge in [-0.2, -0.15) is 8.42 Å². The Morgan fingerprint density at radius 3 is 2.43 bits per heavy atom. The highest BCUT2D eigenvalue weighted by atomic mass is 32.2. The Balaban J connectivity index is 4.27. The minimum atomic E-state index is -3.71. The molecule has 6 heteroatoms. The van der Waals surface area contributed by atoms with Crippen LogP contribution in [-0.4, -0.2) is 19.6 Å². The highest BCUT2D eigenvalue weighted by molar-refractivity contribution is 7.87. The van der Waals surface area contributed by atoms with E-state index >= 15 is 0 Å². The van der Waals surface area contributed by atoms with Crippen molar-refractivity contribution in [1.29, 1.82) is 0 Å². The molecule has 0 aliphatic rings. The van der Waals surface area contributed by atoms with Gasteiger partial charge in [-0.05, 0) is 20.3 Å². The van der Waals surface area contributed by atoms with Crippen molar-refractivity contribution < 1.29 is 17.5 Å². The summed E-state index contributed by atoms with van der Waals surface area (Å²) in [6.07, 6.45) is 0.422. The van der Waals surface area contributed by atoms with Gasteiger partial charge in [-0.25, -0.2) is 5.48 Å². The van der Waals surface area contributed by atoms with E-state index in [0.29, 0.717) is 6.42 Å². The summed E-state index contributed by atoms with van der Waals surface area (Å²) in [4.78, 5) is 10.9.